The Labute approximate surface area is 123 Å². The van der Waals surface area contributed by atoms with Crippen LogP contribution in [0.15, 0.2) is 36.4 Å². The van der Waals surface area contributed by atoms with Gasteiger partial charge in [-0.2, -0.15) is 0 Å². The molecule has 4 nitrogen and oxygen atoms in total. The topological polar surface area (TPSA) is 75.3 Å². The molecule has 0 radical (unpaired) electrons. The van der Waals surface area contributed by atoms with Gasteiger partial charge in [-0.25, -0.2) is 0 Å². The number of rotatable bonds is 2. The molecule has 0 spiro atoms. The number of nitrogen functional groups attached to an aromatic ring is 1. The fraction of sp³-hybridized carbons (Fsp3) is 0.235. The van der Waals surface area contributed by atoms with Gasteiger partial charge in [-0.05, 0) is 61.1 Å². The largest absolute Gasteiger partial charge is 0.508 e. The summed E-state index contributed by atoms with van der Waals surface area (Å²) in [6.45, 7) is 0. The number of aromatic hydroxyl groups is 1. The molecular weight excluding hydrogens is 264 g/mol. The Morgan fingerprint density at radius 1 is 1.14 bits per heavy atom. The number of aryl methyl sites for hydroxylation is 1. The van der Waals surface area contributed by atoms with Crippen molar-refractivity contribution in [3.05, 3.63) is 53.1 Å². The Hall–Kier alpha value is -2.49. The summed E-state index contributed by atoms with van der Waals surface area (Å²) < 4.78 is 0. The van der Waals surface area contributed by atoms with Crippen LogP contribution in [0.5, 0.6) is 5.75 Å². The average molecular weight is 282 g/mol. The third-order valence-corrected chi connectivity index (χ3v) is 3.93. The van der Waals surface area contributed by atoms with Crippen LogP contribution >= 0.6 is 0 Å². The zero-order valence-corrected chi connectivity index (χ0v) is 11.7. The van der Waals surface area contributed by atoms with Crippen molar-refractivity contribution in [1.29, 1.82) is 0 Å². The van der Waals surface area contributed by atoms with Crippen LogP contribution in [0.3, 0.4) is 0 Å². The first-order chi connectivity index (χ1) is 10.1. The predicted molar refractivity (Wildman–Crippen MR) is 83.6 cm³/mol. The van der Waals surface area contributed by atoms with Gasteiger partial charge in [0.15, 0.2) is 0 Å². The van der Waals surface area contributed by atoms with E-state index in [9.17, 15) is 9.90 Å². The fourth-order valence-electron chi connectivity index (χ4n) is 2.83. The molecule has 1 aliphatic carbocycles. The molecule has 2 aromatic rings. The molecule has 0 atom stereocenters. The van der Waals surface area contributed by atoms with Crippen molar-refractivity contribution in [3.8, 4) is 5.75 Å². The van der Waals surface area contributed by atoms with Crippen LogP contribution in [-0.4, -0.2) is 11.0 Å². The van der Waals surface area contributed by atoms with Gasteiger partial charge in [-0.3, -0.25) is 4.79 Å². The molecule has 0 saturated heterocycles. The normalized spacial score (nSPS) is 13.5. The highest BCUT2D eigenvalue weighted by Gasteiger charge is 2.16. The van der Waals surface area contributed by atoms with Crippen LogP contribution in [0, 0.1) is 0 Å². The first-order valence-electron chi connectivity index (χ1n) is 7.16. The molecule has 0 bridgehead atoms. The van der Waals surface area contributed by atoms with Crippen molar-refractivity contribution in [2.75, 3.05) is 11.1 Å². The number of phenolic OH excluding ortho intramolecular Hbond substituents is 1. The van der Waals surface area contributed by atoms with E-state index in [1.165, 1.54) is 35.7 Å². The fourth-order valence-corrected chi connectivity index (χ4v) is 2.83. The highest BCUT2D eigenvalue weighted by molar-refractivity contribution is 6.08. The Morgan fingerprint density at radius 2 is 1.95 bits per heavy atom. The van der Waals surface area contributed by atoms with Gasteiger partial charge in [-0.1, -0.05) is 12.1 Å². The standard InChI is InChI=1S/C17H18N2O2/c18-15-9-8-12(20)10-14(15)17(21)19-16-7-3-5-11-4-1-2-6-13(11)16/h3,5,7-10,20H,1-2,4,6,18H2,(H,19,21). The minimum absolute atomic E-state index is 0.0319. The van der Waals surface area contributed by atoms with E-state index >= 15 is 0 Å². The Morgan fingerprint density at radius 3 is 2.81 bits per heavy atom. The number of carbonyl (C=O) groups is 1. The van der Waals surface area contributed by atoms with Gasteiger partial charge in [0.05, 0.1) is 5.56 Å². The van der Waals surface area contributed by atoms with Gasteiger partial charge < -0.3 is 16.2 Å². The molecule has 0 aromatic heterocycles. The number of carbonyl (C=O) groups excluding carboxylic acids is 1. The molecule has 0 heterocycles. The first-order valence-corrected chi connectivity index (χ1v) is 7.16. The van der Waals surface area contributed by atoms with E-state index in [0.717, 1.165) is 24.9 Å². The molecule has 4 N–H and O–H groups in total. The van der Waals surface area contributed by atoms with E-state index < -0.39 is 0 Å². The number of nitrogens with two attached hydrogens (primary N) is 1. The zero-order valence-electron chi connectivity index (χ0n) is 11.7. The Balaban J connectivity index is 1.90. The van der Waals surface area contributed by atoms with Crippen LogP contribution in [0.1, 0.15) is 34.3 Å². The molecule has 2 aromatic carbocycles. The summed E-state index contributed by atoms with van der Waals surface area (Å²) in [6, 6.07) is 10.4. The summed E-state index contributed by atoms with van der Waals surface area (Å²) in [7, 11) is 0. The molecule has 1 aliphatic rings. The molecule has 21 heavy (non-hydrogen) atoms. The maximum absolute atomic E-state index is 12.4. The van der Waals surface area contributed by atoms with E-state index in [0.29, 0.717) is 11.3 Å². The molecule has 108 valence electrons. The summed E-state index contributed by atoms with van der Waals surface area (Å²) >= 11 is 0. The lowest BCUT2D eigenvalue weighted by Crippen LogP contribution is -2.16. The molecule has 3 rings (SSSR count). The van der Waals surface area contributed by atoms with E-state index in [1.54, 1.807) is 0 Å². The van der Waals surface area contributed by atoms with Crippen LogP contribution in [0.2, 0.25) is 0 Å². The Bertz CT molecular complexity index is 695. The zero-order chi connectivity index (χ0) is 14.8. The molecule has 0 saturated carbocycles. The van der Waals surface area contributed by atoms with Crippen LogP contribution in [0.4, 0.5) is 11.4 Å². The second-order valence-corrected chi connectivity index (χ2v) is 5.38. The number of amides is 1. The number of anilines is 2. The van der Waals surface area contributed by atoms with Crippen molar-refractivity contribution in [3.63, 3.8) is 0 Å². The highest BCUT2D eigenvalue weighted by atomic mass is 16.3. The summed E-state index contributed by atoms with van der Waals surface area (Å²) in [5.41, 5.74) is 9.84. The quantitative estimate of drug-likeness (QED) is 0.585. The van der Waals surface area contributed by atoms with Gasteiger partial charge >= 0.3 is 0 Å². The third-order valence-electron chi connectivity index (χ3n) is 3.93. The maximum Gasteiger partial charge on any atom is 0.257 e. The minimum Gasteiger partial charge on any atom is -0.508 e. The second kappa shape index (κ2) is 5.48. The monoisotopic (exact) mass is 282 g/mol. The van der Waals surface area contributed by atoms with Crippen molar-refractivity contribution in [2.45, 2.75) is 25.7 Å². The van der Waals surface area contributed by atoms with E-state index in [1.807, 2.05) is 12.1 Å². The van der Waals surface area contributed by atoms with Crippen molar-refractivity contribution in [2.24, 2.45) is 0 Å². The van der Waals surface area contributed by atoms with E-state index in [2.05, 4.69) is 11.4 Å². The lowest BCUT2D eigenvalue weighted by atomic mass is 9.90. The van der Waals surface area contributed by atoms with Crippen molar-refractivity contribution < 1.29 is 9.90 Å². The third kappa shape index (κ3) is 2.70. The van der Waals surface area contributed by atoms with Crippen molar-refractivity contribution >= 4 is 17.3 Å². The number of nitrogens with one attached hydrogen (secondary N) is 1. The smallest absolute Gasteiger partial charge is 0.257 e. The van der Waals surface area contributed by atoms with Gasteiger partial charge in [0.2, 0.25) is 0 Å². The van der Waals surface area contributed by atoms with Gasteiger partial charge in [0.25, 0.3) is 5.91 Å². The number of hydrogen-bond donors (Lipinski definition) is 3. The number of benzene rings is 2. The lowest BCUT2D eigenvalue weighted by molar-refractivity contribution is 0.102. The summed E-state index contributed by atoms with van der Waals surface area (Å²) in [5.74, 6) is -0.258. The SMILES string of the molecule is Nc1ccc(O)cc1C(=O)Nc1cccc2c1CCCC2. The molecule has 1 amide bonds. The summed E-state index contributed by atoms with van der Waals surface area (Å²) in [6.07, 6.45) is 4.40. The molecule has 0 fully saturated rings. The van der Waals surface area contributed by atoms with Crippen LogP contribution < -0.4 is 11.1 Å². The van der Waals surface area contributed by atoms with Gasteiger partial charge in [0.1, 0.15) is 5.75 Å². The summed E-state index contributed by atoms with van der Waals surface area (Å²) in [5, 5.41) is 12.4. The number of phenols is 1. The van der Waals surface area contributed by atoms with Crippen LogP contribution in [-0.2, 0) is 12.8 Å². The Kier molecular flexibility index (Phi) is 3.52. The van der Waals surface area contributed by atoms with Crippen molar-refractivity contribution in [1.82, 2.24) is 0 Å². The second-order valence-electron chi connectivity index (χ2n) is 5.38. The lowest BCUT2D eigenvalue weighted by Gasteiger charge is -2.19. The predicted octanol–water partition coefficient (Wildman–Crippen LogP) is 3.11. The summed E-state index contributed by atoms with van der Waals surface area (Å²) in [4.78, 5) is 12.4. The van der Waals surface area contributed by atoms with Gasteiger partial charge in [-0.15, -0.1) is 0 Å². The minimum atomic E-state index is -0.289. The molecule has 0 aliphatic heterocycles. The molecular formula is C17H18N2O2. The van der Waals surface area contributed by atoms with Crippen LogP contribution in [0.25, 0.3) is 0 Å². The number of fused-ring (bicyclic) bond motifs is 1. The van der Waals surface area contributed by atoms with E-state index in [-0.39, 0.29) is 11.7 Å². The highest BCUT2D eigenvalue weighted by Crippen LogP contribution is 2.29. The molecule has 0 unspecified atom stereocenters. The van der Waals surface area contributed by atoms with E-state index in [4.69, 9.17) is 5.73 Å². The first kappa shape index (κ1) is 13.5. The molecule has 4 heteroatoms. The average Bonchev–Trinajstić information content (AvgIpc) is 2.50. The van der Waals surface area contributed by atoms with Gasteiger partial charge in [0, 0.05) is 11.4 Å². The maximum atomic E-state index is 12.4. The number of hydrogen-bond acceptors (Lipinski definition) is 3.